The number of nitrogens with two attached hydrogens (primary N) is 1. The molecule has 0 radical (unpaired) electrons. The van der Waals surface area contributed by atoms with Crippen LogP contribution in [0.25, 0.3) is 0 Å². The predicted octanol–water partition coefficient (Wildman–Crippen LogP) is 0.727. The number of amides is 3. The molecule has 0 aromatic heterocycles. The fourth-order valence-corrected chi connectivity index (χ4v) is 2.79. The molecule has 25 heavy (non-hydrogen) atoms. The van der Waals surface area contributed by atoms with Gasteiger partial charge in [0.05, 0.1) is 6.04 Å². The van der Waals surface area contributed by atoms with E-state index in [2.05, 4.69) is 5.32 Å². The van der Waals surface area contributed by atoms with Crippen molar-refractivity contribution in [3.05, 3.63) is 0 Å². The van der Waals surface area contributed by atoms with Crippen LogP contribution in [-0.2, 0) is 14.4 Å². The number of hydrogen-bond acceptors (Lipinski definition) is 4. The molecule has 0 spiro atoms. The van der Waals surface area contributed by atoms with Gasteiger partial charge in [-0.1, -0.05) is 20.3 Å². The number of rotatable bonds is 9. The summed E-state index contributed by atoms with van der Waals surface area (Å²) in [4.78, 5) is 39.3. The minimum absolute atomic E-state index is 0.138. The Morgan fingerprint density at radius 2 is 1.48 bits per heavy atom. The Morgan fingerprint density at radius 1 is 0.920 bits per heavy atom. The smallest absolute Gasteiger partial charge is 0.236 e. The molecule has 3 N–H and O–H groups in total. The number of nitrogens with one attached hydrogen (secondary N) is 1. The van der Waals surface area contributed by atoms with Gasteiger partial charge in [-0.3, -0.25) is 14.4 Å². The van der Waals surface area contributed by atoms with Gasteiger partial charge in [-0.05, 0) is 25.7 Å². The molecule has 0 aromatic carbocycles. The van der Waals surface area contributed by atoms with Crippen molar-refractivity contribution in [3.8, 4) is 0 Å². The highest BCUT2D eigenvalue weighted by Crippen LogP contribution is 2.10. The minimum Gasteiger partial charge on any atom is -0.355 e. The molecular formula is C18H34N4O3. The van der Waals surface area contributed by atoms with Crippen LogP contribution in [0.5, 0.6) is 0 Å². The maximum Gasteiger partial charge on any atom is 0.236 e. The average molecular weight is 354 g/mol. The summed E-state index contributed by atoms with van der Waals surface area (Å²) in [6.45, 7) is 8.89. The molecule has 1 rings (SSSR count). The van der Waals surface area contributed by atoms with Crippen LogP contribution in [0.3, 0.4) is 0 Å². The molecule has 0 aromatic rings. The first-order valence-corrected chi connectivity index (χ1v) is 9.40. The van der Waals surface area contributed by atoms with Gasteiger partial charge < -0.3 is 20.9 Å². The van der Waals surface area contributed by atoms with E-state index in [1.807, 2.05) is 23.6 Å². The summed E-state index contributed by atoms with van der Waals surface area (Å²) in [5.74, 6) is 0.581. The number of nitrogens with zero attached hydrogens (tertiary/aromatic N) is 2. The molecular weight excluding hydrogens is 320 g/mol. The van der Waals surface area contributed by atoms with Crippen molar-refractivity contribution in [2.45, 2.75) is 58.9 Å². The first-order valence-electron chi connectivity index (χ1n) is 9.40. The third kappa shape index (κ3) is 8.34. The number of piperazine rings is 1. The first kappa shape index (κ1) is 21.4. The van der Waals surface area contributed by atoms with E-state index in [1.54, 1.807) is 6.92 Å². The second-order valence-corrected chi connectivity index (χ2v) is 7.25. The number of hydrogen-bond donors (Lipinski definition) is 2. The van der Waals surface area contributed by atoms with Gasteiger partial charge in [-0.25, -0.2) is 0 Å². The summed E-state index contributed by atoms with van der Waals surface area (Å²) in [5.41, 5.74) is 5.46. The normalized spacial score (nSPS) is 16.0. The second-order valence-electron chi connectivity index (χ2n) is 7.25. The molecule has 7 nitrogen and oxygen atoms in total. The van der Waals surface area contributed by atoms with Crippen LogP contribution in [0, 0.1) is 5.92 Å². The van der Waals surface area contributed by atoms with Gasteiger partial charge in [0, 0.05) is 45.6 Å². The zero-order valence-corrected chi connectivity index (χ0v) is 15.9. The maximum absolute atomic E-state index is 12.2. The molecule has 1 saturated heterocycles. The summed E-state index contributed by atoms with van der Waals surface area (Å²) in [5, 5.41) is 2.77. The van der Waals surface area contributed by atoms with E-state index < -0.39 is 6.04 Å². The van der Waals surface area contributed by atoms with Crippen molar-refractivity contribution in [1.29, 1.82) is 0 Å². The third-order valence-corrected chi connectivity index (χ3v) is 4.35. The summed E-state index contributed by atoms with van der Waals surface area (Å²) < 4.78 is 0. The number of carbonyl (C=O) groups excluding carboxylic acids is 3. The largest absolute Gasteiger partial charge is 0.355 e. The number of carbonyl (C=O) groups is 3. The molecule has 0 saturated carbocycles. The quantitative estimate of drug-likeness (QED) is 0.597. The fraction of sp³-hybridized carbons (Fsp3) is 0.833. The fourth-order valence-electron chi connectivity index (χ4n) is 2.79. The van der Waals surface area contributed by atoms with Gasteiger partial charge in [0.1, 0.15) is 0 Å². The van der Waals surface area contributed by atoms with Crippen LogP contribution < -0.4 is 11.1 Å². The zero-order valence-electron chi connectivity index (χ0n) is 15.9. The SMILES string of the molecule is CC(C)CC(=O)N1CCN(C(=O)CCCCCNC(=O)[C@H](C)N)CC1. The lowest BCUT2D eigenvalue weighted by molar-refractivity contribution is -0.140. The third-order valence-electron chi connectivity index (χ3n) is 4.35. The molecule has 1 aliphatic rings. The molecule has 1 fully saturated rings. The Morgan fingerprint density at radius 3 is 2.00 bits per heavy atom. The van der Waals surface area contributed by atoms with Gasteiger partial charge in [0.2, 0.25) is 17.7 Å². The van der Waals surface area contributed by atoms with Crippen LogP contribution in [0.15, 0.2) is 0 Å². The van der Waals surface area contributed by atoms with Crippen LogP contribution in [0.2, 0.25) is 0 Å². The van der Waals surface area contributed by atoms with Crippen LogP contribution in [0.1, 0.15) is 52.9 Å². The van der Waals surface area contributed by atoms with E-state index >= 15 is 0 Å². The van der Waals surface area contributed by atoms with Crippen molar-refractivity contribution in [1.82, 2.24) is 15.1 Å². The van der Waals surface area contributed by atoms with E-state index in [4.69, 9.17) is 5.73 Å². The molecule has 0 aliphatic carbocycles. The van der Waals surface area contributed by atoms with E-state index in [1.165, 1.54) is 0 Å². The van der Waals surface area contributed by atoms with Crippen molar-refractivity contribution in [2.24, 2.45) is 11.7 Å². The Labute approximate surface area is 151 Å². The van der Waals surface area contributed by atoms with Crippen molar-refractivity contribution in [3.63, 3.8) is 0 Å². The van der Waals surface area contributed by atoms with Crippen molar-refractivity contribution in [2.75, 3.05) is 32.7 Å². The topological polar surface area (TPSA) is 95.7 Å². The van der Waals surface area contributed by atoms with Gasteiger partial charge in [0.15, 0.2) is 0 Å². The van der Waals surface area contributed by atoms with E-state index in [-0.39, 0.29) is 17.7 Å². The maximum atomic E-state index is 12.2. The molecule has 3 amide bonds. The second kappa shape index (κ2) is 11.1. The Bertz CT molecular complexity index is 444. The minimum atomic E-state index is -0.479. The zero-order chi connectivity index (χ0) is 18.8. The molecule has 0 bridgehead atoms. The van der Waals surface area contributed by atoms with E-state index in [9.17, 15) is 14.4 Å². The molecule has 0 unspecified atom stereocenters. The first-order chi connectivity index (χ1) is 11.8. The van der Waals surface area contributed by atoms with Gasteiger partial charge >= 0.3 is 0 Å². The summed E-state index contributed by atoms with van der Waals surface area (Å²) in [7, 11) is 0. The average Bonchev–Trinajstić information content (AvgIpc) is 2.56. The standard InChI is InChI=1S/C18H34N4O3/c1-14(2)13-17(24)22-11-9-21(10-12-22)16(23)7-5-4-6-8-20-18(25)15(3)19/h14-15H,4-13,19H2,1-3H3,(H,20,25)/t15-/m0/s1. The van der Waals surface area contributed by atoms with Crippen LogP contribution in [0.4, 0.5) is 0 Å². The summed E-state index contributed by atoms with van der Waals surface area (Å²) in [6, 6.07) is -0.479. The van der Waals surface area contributed by atoms with Gasteiger partial charge in [-0.15, -0.1) is 0 Å². The lowest BCUT2D eigenvalue weighted by Crippen LogP contribution is -2.50. The van der Waals surface area contributed by atoms with Gasteiger partial charge in [-0.2, -0.15) is 0 Å². The lowest BCUT2D eigenvalue weighted by atomic mass is 10.1. The molecule has 7 heteroatoms. The van der Waals surface area contributed by atoms with Crippen LogP contribution >= 0.6 is 0 Å². The highest BCUT2D eigenvalue weighted by atomic mass is 16.2. The highest BCUT2D eigenvalue weighted by Gasteiger charge is 2.23. The Balaban J connectivity index is 2.13. The van der Waals surface area contributed by atoms with Crippen LogP contribution in [-0.4, -0.2) is 66.3 Å². The predicted molar refractivity (Wildman–Crippen MR) is 97.7 cm³/mol. The Kier molecular flexibility index (Phi) is 9.49. The molecule has 1 aliphatic heterocycles. The highest BCUT2D eigenvalue weighted by molar-refractivity contribution is 5.81. The van der Waals surface area contributed by atoms with Crippen molar-refractivity contribution >= 4 is 17.7 Å². The summed E-state index contributed by atoms with van der Waals surface area (Å²) in [6.07, 6.45) is 3.68. The monoisotopic (exact) mass is 354 g/mol. The molecule has 1 heterocycles. The lowest BCUT2D eigenvalue weighted by Gasteiger charge is -2.35. The number of unbranched alkanes of at least 4 members (excludes halogenated alkanes) is 2. The Hall–Kier alpha value is -1.63. The van der Waals surface area contributed by atoms with E-state index in [0.29, 0.717) is 51.5 Å². The van der Waals surface area contributed by atoms with Crippen molar-refractivity contribution < 1.29 is 14.4 Å². The van der Waals surface area contributed by atoms with Gasteiger partial charge in [0.25, 0.3) is 0 Å². The van der Waals surface area contributed by atoms with E-state index in [0.717, 1.165) is 19.3 Å². The molecule has 144 valence electrons. The summed E-state index contributed by atoms with van der Waals surface area (Å²) >= 11 is 0. The molecule has 1 atom stereocenters.